The molecule has 0 aliphatic carbocycles. The van der Waals surface area contributed by atoms with Crippen LogP contribution in [0.3, 0.4) is 0 Å². The summed E-state index contributed by atoms with van der Waals surface area (Å²) in [5, 5.41) is 2.01. The van der Waals surface area contributed by atoms with Gasteiger partial charge in [0.15, 0.2) is 0 Å². The molecule has 0 amide bonds. The lowest BCUT2D eigenvalue weighted by Crippen LogP contribution is -2.21. The summed E-state index contributed by atoms with van der Waals surface area (Å²) in [5.74, 6) is 0.293. The predicted molar refractivity (Wildman–Crippen MR) is 60.2 cm³/mol. The minimum atomic E-state index is -0.226. The van der Waals surface area contributed by atoms with Crippen LogP contribution in [-0.4, -0.2) is 5.78 Å². The molecule has 0 saturated heterocycles. The number of thiophene rings is 1. The van der Waals surface area contributed by atoms with Crippen LogP contribution in [0, 0.1) is 5.41 Å². The molecule has 0 spiro atoms. The molecule has 1 aromatic heterocycles. The summed E-state index contributed by atoms with van der Waals surface area (Å²) in [4.78, 5) is 12.8. The van der Waals surface area contributed by atoms with Crippen LogP contribution in [0.15, 0.2) is 15.9 Å². The highest BCUT2D eigenvalue weighted by Crippen LogP contribution is 2.24. The summed E-state index contributed by atoms with van der Waals surface area (Å²) in [5.41, 5.74) is -0.226. The first-order chi connectivity index (χ1) is 5.89. The van der Waals surface area contributed by atoms with Crippen LogP contribution in [0.25, 0.3) is 0 Å². The third-order valence-electron chi connectivity index (χ3n) is 1.79. The first-order valence-corrected chi connectivity index (χ1v) is 5.83. The van der Waals surface area contributed by atoms with Crippen molar-refractivity contribution in [2.24, 2.45) is 5.41 Å². The fourth-order valence-corrected chi connectivity index (χ4v) is 2.32. The molecule has 3 heteroatoms. The van der Waals surface area contributed by atoms with E-state index in [1.807, 2.05) is 32.2 Å². The third-order valence-corrected chi connectivity index (χ3v) is 3.49. The molecule has 0 atom stereocenters. The lowest BCUT2D eigenvalue weighted by molar-refractivity contribution is -0.125. The SMILES string of the molecule is CC(C)(C)C(=O)Cc1cc(Br)cs1. The Morgan fingerprint density at radius 1 is 1.54 bits per heavy atom. The van der Waals surface area contributed by atoms with E-state index in [4.69, 9.17) is 0 Å². The van der Waals surface area contributed by atoms with Gasteiger partial charge < -0.3 is 0 Å². The average molecular weight is 261 g/mol. The summed E-state index contributed by atoms with van der Waals surface area (Å²) in [6.07, 6.45) is 0.555. The van der Waals surface area contributed by atoms with Crippen molar-refractivity contribution in [3.8, 4) is 0 Å². The van der Waals surface area contributed by atoms with Gasteiger partial charge in [-0.1, -0.05) is 20.8 Å². The summed E-state index contributed by atoms with van der Waals surface area (Å²) in [6.45, 7) is 5.87. The largest absolute Gasteiger partial charge is 0.299 e. The Hall–Kier alpha value is -0.150. The van der Waals surface area contributed by atoms with Crippen LogP contribution in [0.2, 0.25) is 0 Å². The Kier molecular flexibility index (Phi) is 3.30. The molecule has 0 fully saturated rings. The molecular formula is C10H13BrOS. The van der Waals surface area contributed by atoms with E-state index in [1.54, 1.807) is 11.3 Å². The van der Waals surface area contributed by atoms with Crippen molar-refractivity contribution >= 4 is 33.0 Å². The maximum atomic E-state index is 11.6. The molecule has 0 bridgehead atoms. The Bertz CT molecular complexity index is 309. The Labute approximate surface area is 91.3 Å². The van der Waals surface area contributed by atoms with Gasteiger partial charge in [0, 0.05) is 26.6 Å². The zero-order chi connectivity index (χ0) is 10.1. The smallest absolute Gasteiger partial charge is 0.143 e. The monoisotopic (exact) mass is 260 g/mol. The molecule has 0 aromatic carbocycles. The number of rotatable bonds is 2. The molecule has 0 radical (unpaired) electrons. The van der Waals surface area contributed by atoms with Crippen molar-refractivity contribution in [1.82, 2.24) is 0 Å². The van der Waals surface area contributed by atoms with E-state index in [2.05, 4.69) is 15.9 Å². The number of hydrogen-bond acceptors (Lipinski definition) is 2. The van der Waals surface area contributed by atoms with Gasteiger partial charge in [0.1, 0.15) is 5.78 Å². The predicted octanol–water partition coefficient (Wildman–Crippen LogP) is 3.67. The van der Waals surface area contributed by atoms with Gasteiger partial charge in [-0.2, -0.15) is 0 Å². The molecule has 1 heterocycles. The molecule has 0 saturated carbocycles. The van der Waals surface area contributed by atoms with E-state index < -0.39 is 0 Å². The highest BCUT2D eigenvalue weighted by molar-refractivity contribution is 9.10. The van der Waals surface area contributed by atoms with Crippen LogP contribution in [0.4, 0.5) is 0 Å². The van der Waals surface area contributed by atoms with E-state index in [-0.39, 0.29) is 5.41 Å². The summed E-state index contributed by atoms with van der Waals surface area (Å²) >= 11 is 5.00. The minimum Gasteiger partial charge on any atom is -0.299 e. The normalized spacial score (nSPS) is 11.7. The second kappa shape index (κ2) is 3.93. The Morgan fingerprint density at radius 3 is 2.54 bits per heavy atom. The van der Waals surface area contributed by atoms with E-state index >= 15 is 0 Å². The number of hydrogen-bond donors (Lipinski definition) is 0. The lowest BCUT2D eigenvalue weighted by Gasteiger charge is -2.15. The second-order valence-corrected chi connectivity index (χ2v) is 5.99. The first-order valence-electron chi connectivity index (χ1n) is 4.16. The summed E-state index contributed by atoms with van der Waals surface area (Å²) < 4.78 is 1.06. The van der Waals surface area contributed by atoms with Crippen molar-refractivity contribution < 1.29 is 4.79 Å². The zero-order valence-electron chi connectivity index (χ0n) is 8.06. The molecular weight excluding hydrogens is 248 g/mol. The molecule has 1 rings (SSSR count). The van der Waals surface area contributed by atoms with Gasteiger partial charge in [0.25, 0.3) is 0 Å². The Balaban J connectivity index is 2.65. The number of ketones is 1. The fraction of sp³-hybridized carbons (Fsp3) is 0.500. The van der Waals surface area contributed by atoms with Gasteiger partial charge in [0.05, 0.1) is 0 Å². The van der Waals surface area contributed by atoms with Crippen LogP contribution in [0.5, 0.6) is 0 Å². The van der Waals surface area contributed by atoms with Crippen molar-refractivity contribution in [2.45, 2.75) is 27.2 Å². The number of carbonyl (C=O) groups is 1. The molecule has 13 heavy (non-hydrogen) atoms. The first kappa shape index (κ1) is 10.9. The minimum absolute atomic E-state index is 0.226. The summed E-state index contributed by atoms with van der Waals surface area (Å²) in [6, 6.07) is 2.01. The molecule has 72 valence electrons. The number of carbonyl (C=O) groups excluding carboxylic acids is 1. The second-order valence-electron chi connectivity index (χ2n) is 4.08. The summed E-state index contributed by atoms with van der Waals surface area (Å²) in [7, 11) is 0. The Morgan fingerprint density at radius 2 is 2.15 bits per heavy atom. The molecule has 0 aliphatic heterocycles. The van der Waals surface area contributed by atoms with Crippen molar-refractivity contribution in [2.75, 3.05) is 0 Å². The lowest BCUT2D eigenvalue weighted by atomic mass is 9.89. The third kappa shape index (κ3) is 3.24. The van der Waals surface area contributed by atoms with Crippen LogP contribution in [0.1, 0.15) is 25.6 Å². The van der Waals surface area contributed by atoms with Gasteiger partial charge >= 0.3 is 0 Å². The van der Waals surface area contributed by atoms with Crippen molar-refractivity contribution in [3.63, 3.8) is 0 Å². The van der Waals surface area contributed by atoms with E-state index in [9.17, 15) is 4.79 Å². The molecule has 1 nitrogen and oxygen atoms in total. The van der Waals surface area contributed by atoms with Gasteiger partial charge in [-0.3, -0.25) is 4.79 Å². The van der Waals surface area contributed by atoms with Gasteiger partial charge in [0.2, 0.25) is 0 Å². The van der Waals surface area contributed by atoms with Crippen molar-refractivity contribution in [3.05, 3.63) is 20.8 Å². The quantitative estimate of drug-likeness (QED) is 0.793. The maximum absolute atomic E-state index is 11.6. The van der Waals surface area contributed by atoms with Gasteiger partial charge in [-0.05, 0) is 22.0 Å². The average Bonchev–Trinajstić information content (AvgIpc) is 2.33. The van der Waals surface area contributed by atoms with Crippen LogP contribution < -0.4 is 0 Å². The van der Waals surface area contributed by atoms with E-state index in [1.165, 1.54) is 0 Å². The highest BCUT2D eigenvalue weighted by Gasteiger charge is 2.21. The highest BCUT2D eigenvalue weighted by atomic mass is 79.9. The molecule has 0 unspecified atom stereocenters. The number of halogens is 1. The van der Waals surface area contributed by atoms with Crippen LogP contribution in [-0.2, 0) is 11.2 Å². The van der Waals surface area contributed by atoms with Crippen LogP contribution >= 0.6 is 27.3 Å². The molecule has 0 aliphatic rings. The fourth-order valence-electron chi connectivity index (χ4n) is 0.870. The number of Topliss-reactive ketones (excluding diaryl/α,β-unsaturated/α-hetero) is 1. The topological polar surface area (TPSA) is 17.1 Å². The molecule has 1 aromatic rings. The maximum Gasteiger partial charge on any atom is 0.143 e. The standard InChI is InChI=1S/C10H13BrOS/c1-10(2,3)9(12)5-8-4-7(11)6-13-8/h4,6H,5H2,1-3H3. The van der Waals surface area contributed by atoms with E-state index in [0.717, 1.165) is 9.35 Å². The molecule has 0 N–H and O–H groups in total. The van der Waals surface area contributed by atoms with E-state index in [0.29, 0.717) is 12.2 Å². The van der Waals surface area contributed by atoms with Crippen molar-refractivity contribution in [1.29, 1.82) is 0 Å². The van der Waals surface area contributed by atoms with Gasteiger partial charge in [-0.15, -0.1) is 11.3 Å². The zero-order valence-corrected chi connectivity index (χ0v) is 10.5. The van der Waals surface area contributed by atoms with Gasteiger partial charge in [-0.25, -0.2) is 0 Å².